The Morgan fingerprint density at radius 3 is 2.19 bits per heavy atom. The number of alkyl halides is 2. The molecule has 2 aromatic carbocycles. The van der Waals surface area contributed by atoms with Gasteiger partial charge in [0.2, 0.25) is 0 Å². The highest BCUT2D eigenvalue weighted by atomic mass is 35.5. The molecule has 0 N–H and O–H groups in total. The van der Waals surface area contributed by atoms with E-state index in [9.17, 15) is 27.2 Å². The summed E-state index contributed by atoms with van der Waals surface area (Å²) in [6.45, 7) is 0. The van der Waals surface area contributed by atoms with Crippen LogP contribution in [0.1, 0.15) is 10.4 Å². The smallest absolute Gasteiger partial charge is 0.296 e. The van der Waals surface area contributed by atoms with Crippen molar-refractivity contribution in [1.82, 2.24) is 4.90 Å². The first kappa shape index (κ1) is 21.0. The van der Waals surface area contributed by atoms with E-state index >= 15 is 0 Å². The van der Waals surface area contributed by atoms with E-state index in [1.165, 1.54) is 25.2 Å². The molecule has 4 nitrogen and oxygen atoms in total. The van der Waals surface area contributed by atoms with Crippen LogP contribution in [0.4, 0.5) is 28.0 Å². The minimum absolute atomic E-state index is 0.00517. The van der Waals surface area contributed by atoms with E-state index in [4.69, 9.17) is 11.6 Å². The maximum atomic E-state index is 13.8. The maximum absolute atomic E-state index is 13.8. The molecular weight excluding hydrogens is 408 g/mol. The molecule has 0 bridgehead atoms. The Hall–Kier alpha value is -2.26. The zero-order valence-corrected chi connectivity index (χ0v) is 15.6. The molecule has 0 heterocycles. The molecular formula is C17H13ClF4N2O2S. The van der Waals surface area contributed by atoms with Gasteiger partial charge in [0.05, 0.1) is 10.7 Å². The topological polar surface area (TPSA) is 40.6 Å². The Labute approximate surface area is 161 Å². The number of anilines is 1. The van der Waals surface area contributed by atoms with Crippen LogP contribution in [-0.2, 0) is 0 Å². The van der Waals surface area contributed by atoms with Gasteiger partial charge in [-0.1, -0.05) is 29.4 Å². The summed E-state index contributed by atoms with van der Waals surface area (Å²) in [5, 5.41) is -0.00517. The molecule has 0 aliphatic carbocycles. The molecule has 0 aliphatic rings. The molecule has 144 valence electrons. The van der Waals surface area contributed by atoms with E-state index in [-0.39, 0.29) is 27.4 Å². The van der Waals surface area contributed by atoms with Crippen LogP contribution in [0.5, 0.6) is 0 Å². The molecule has 0 spiro atoms. The van der Waals surface area contributed by atoms with Crippen molar-refractivity contribution >= 4 is 41.0 Å². The second kappa shape index (κ2) is 8.62. The molecule has 0 aromatic heterocycles. The number of nitrogens with zero attached hydrogens (tertiary/aromatic N) is 2. The molecule has 0 radical (unpaired) electrons. The summed E-state index contributed by atoms with van der Waals surface area (Å²) in [7, 11) is 2.34. The normalized spacial score (nSPS) is 10.8. The third-order valence-corrected chi connectivity index (χ3v) is 4.57. The molecule has 10 heteroatoms. The standard InChI is InChI=1S/C17H13ClF4N2O2S/c1-23(13-7-6-9(8-10(13)18)27-16(21)22)17(26)24(2)15(25)14-11(19)4-3-5-12(14)20/h3-8,16H,1-2H3. The largest absolute Gasteiger partial charge is 0.330 e. The summed E-state index contributed by atoms with van der Waals surface area (Å²) in [5.74, 6) is -6.02. The SMILES string of the molecule is CN(C(=O)c1c(F)cccc1F)C(=O)N(C)c1ccc(SC(F)F)cc1Cl. The van der Waals surface area contributed by atoms with E-state index in [1.54, 1.807) is 0 Å². The summed E-state index contributed by atoms with van der Waals surface area (Å²) in [5.41, 5.74) is -0.731. The molecule has 0 unspecified atom stereocenters. The van der Waals surface area contributed by atoms with Gasteiger partial charge in [-0.2, -0.15) is 8.78 Å². The summed E-state index contributed by atoms with van der Waals surface area (Å²) < 4.78 is 52.3. The van der Waals surface area contributed by atoms with Crippen molar-refractivity contribution in [3.05, 3.63) is 58.6 Å². The highest BCUT2D eigenvalue weighted by Gasteiger charge is 2.28. The highest BCUT2D eigenvalue weighted by Crippen LogP contribution is 2.33. The fraction of sp³-hybridized carbons (Fsp3) is 0.176. The number of benzene rings is 2. The number of hydrogen-bond acceptors (Lipinski definition) is 3. The van der Waals surface area contributed by atoms with Crippen LogP contribution in [-0.4, -0.2) is 36.7 Å². The van der Waals surface area contributed by atoms with Gasteiger partial charge in [-0.25, -0.2) is 13.6 Å². The van der Waals surface area contributed by atoms with Crippen molar-refractivity contribution in [2.24, 2.45) is 0 Å². The van der Waals surface area contributed by atoms with E-state index < -0.39 is 34.9 Å². The van der Waals surface area contributed by atoms with Gasteiger partial charge in [0.15, 0.2) is 0 Å². The third-order valence-electron chi connectivity index (χ3n) is 3.56. The van der Waals surface area contributed by atoms with Gasteiger partial charge < -0.3 is 0 Å². The van der Waals surface area contributed by atoms with Crippen LogP contribution >= 0.6 is 23.4 Å². The number of carbonyl (C=O) groups is 2. The van der Waals surface area contributed by atoms with Gasteiger partial charge in [0.1, 0.15) is 17.2 Å². The first-order valence-corrected chi connectivity index (χ1v) is 8.63. The Balaban J connectivity index is 2.25. The van der Waals surface area contributed by atoms with Gasteiger partial charge in [-0.05, 0) is 30.3 Å². The molecule has 0 saturated carbocycles. The lowest BCUT2D eigenvalue weighted by atomic mass is 10.1. The van der Waals surface area contributed by atoms with E-state index in [0.29, 0.717) is 4.90 Å². The molecule has 3 amide bonds. The van der Waals surface area contributed by atoms with Crippen LogP contribution < -0.4 is 4.90 Å². The van der Waals surface area contributed by atoms with Crippen LogP contribution in [0, 0.1) is 11.6 Å². The van der Waals surface area contributed by atoms with Gasteiger partial charge in [-0.15, -0.1) is 0 Å². The van der Waals surface area contributed by atoms with Crippen LogP contribution in [0.25, 0.3) is 0 Å². The van der Waals surface area contributed by atoms with Crippen LogP contribution in [0.2, 0.25) is 5.02 Å². The minimum atomic E-state index is -2.63. The lowest BCUT2D eigenvalue weighted by Crippen LogP contribution is -2.43. The maximum Gasteiger partial charge on any atom is 0.330 e. The first-order valence-electron chi connectivity index (χ1n) is 7.37. The number of amides is 3. The fourth-order valence-electron chi connectivity index (χ4n) is 2.22. The molecule has 0 fully saturated rings. The predicted octanol–water partition coefficient (Wildman–Crippen LogP) is 5.26. The number of halogens is 5. The van der Waals surface area contributed by atoms with Gasteiger partial charge in [0, 0.05) is 19.0 Å². The quantitative estimate of drug-likeness (QED) is 0.500. The highest BCUT2D eigenvalue weighted by molar-refractivity contribution is 7.99. The Bertz CT molecular complexity index is 862. The number of rotatable bonds is 4. The Kier molecular flexibility index (Phi) is 6.72. The average Bonchev–Trinajstić information content (AvgIpc) is 2.59. The number of urea groups is 1. The molecule has 0 atom stereocenters. The van der Waals surface area contributed by atoms with Crippen LogP contribution in [0.3, 0.4) is 0 Å². The van der Waals surface area contributed by atoms with Crippen molar-refractivity contribution in [2.75, 3.05) is 19.0 Å². The van der Waals surface area contributed by atoms with Crippen molar-refractivity contribution in [1.29, 1.82) is 0 Å². The third kappa shape index (κ3) is 4.72. The minimum Gasteiger partial charge on any atom is -0.296 e. The summed E-state index contributed by atoms with van der Waals surface area (Å²) >= 11 is 6.31. The summed E-state index contributed by atoms with van der Waals surface area (Å²) in [6.07, 6.45) is 0. The zero-order chi connectivity index (χ0) is 20.3. The number of imide groups is 1. The van der Waals surface area contributed by atoms with E-state index in [2.05, 4.69) is 0 Å². The van der Waals surface area contributed by atoms with Gasteiger partial charge in [0.25, 0.3) is 11.7 Å². The van der Waals surface area contributed by atoms with E-state index in [0.717, 1.165) is 30.1 Å². The molecule has 0 aliphatic heterocycles. The van der Waals surface area contributed by atoms with Crippen molar-refractivity contribution < 1.29 is 27.2 Å². The van der Waals surface area contributed by atoms with Crippen molar-refractivity contribution in [3.8, 4) is 0 Å². The summed E-state index contributed by atoms with van der Waals surface area (Å²) in [4.78, 5) is 26.5. The molecule has 0 saturated heterocycles. The monoisotopic (exact) mass is 420 g/mol. The Morgan fingerprint density at radius 1 is 1.07 bits per heavy atom. The summed E-state index contributed by atoms with van der Waals surface area (Å²) in [6, 6.07) is 5.87. The number of hydrogen-bond donors (Lipinski definition) is 0. The predicted molar refractivity (Wildman–Crippen MR) is 95.6 cm³/mol. The van der Waals surface area contributed by atoms with Gasteiger partial charge in [-0.3, -0.25) is 14.6 Å². The zero-order valence-electron chi connectivity index (χ0n) is 14.1. The lowest BCUT2D eigenvalue weighted by molar-refractivity contribution is 0.0827. The fourth-order valence-corrected chi connectivity index (χ4v) is 3.13. The molecule has 27 heavy (non-hydrogen) atoms. The lowest BCUT2D eigenvalue weighted by Gasteiger charge is -2.25. The Morgan fingerprint density at radius 2 is 1.67 bits per heavy atom. The molecule has 2 rings (SSSR count). The average molecular weight is 421 g/mol. The second-order valence-corrected chi connectivity index (χ2v) is 6.76. The van der Waals surface area contributed by atoms with Crippen LogP contribution in [0.15, 0.2) is 41.3 Å². The second-order valence-electron chi connectivity index (χ2n) is 5.29. The van der Waals surface area contributed by atoms with Crippen molar-refractivity contribution in [2.45, 2.75) is 10.7 Å². The molecule has 2 aromatic rings. The number of thioether (sulfide) groups is 1. The number of carbonyl (C=O) groups excluding carboxylic acids is 2. The first-order chi connectivity index (χ1) is 12.6. The van der Waals surface area contributed by atoms with Crippen molar-refractivity contribution in [3.63, 3.8) is 0 Å². The van der Waals surface area contributed by atoms with Gasteiger partial charge >= 0.3 is 6.03 Å². The van der Waals surface area contributed by atoms with E-state index in [1.807, 2.05) is 0 Å².